The van der Waals surface area contributed by atoms with Gasteiger partial charge in [0, 0.05) is 27.2 Å². The Morgan fingerprint density at radius 1 is 1.22 bits per heavy atom. The first kappa shape index (κ1) is 14.5. The van der Waals surface area contributed by atoms with E-state index in [9.17, 15) is 0 Å². The second-order valence-electron chi connectivity index (χ2n) is 3.97. The predicted molar refractivity (Wildman–Crippen MR) is 75.9 cm³/mol. The first-order chi connectivity index (χ1) is 8.81. The van der Waals surface area contributed by atoms with E-state index in [0.717, 1.165) is 25.5 Å². The number of nitrogens with zero attached hydrogens (tertiary/aromatic N) is 1. The van der Waals surface area contributed by atoms with Crippen molar-refractivity contribution in [3.8, 4) is 0 Å². The van der Waals surface area contributed by atoms with Crippen molar-refractivity contribution < 1.29 is 4.74 Å². The average Bonchev–Trinajstić information content (AvgIpc) is 2.43. The molecule has 4 nitrogen and oxygen atoms in total. The minimum Gasteiger partial charge on any atom is -0.383 e. The standard InChI is InChI=1S/C14H23N3O/c1-4-12-7-5-6-8-13(12)11-17-14(15-2)16-9-10-18-3/h5-8H,4,9-11H2,1-3H3,(H2,15,16,17). The van der Waals surface area contributed by atoms with Crippen LogP contribution in [0.4, 0.5) is 0 Å². The molecular formula is C14H23N3O. The second kappa shape index (κ2) is 8.53. The van der Waals surface area contributed by atoms with Crippen molar-refractivity contribution >= 4 is 5.96 Å². The number of methoxy groups -OCH3 is 1. The molecule has 4 heteroatoms. The van der Waals surface area contributed by atoms with Crippen LogP contribution in [0.5, 0.6) is 0 Å². The Kier molecular flexibility index (Phi) is 6.87. The van der Waals surface area contributed by atoms with Crippen LogP contribution in [0.3, 0.4) is 0 Å². The monoisotopic (exact) mass is 249 g/mol. The van der Waals surface area contributed by atoms with Crippen LogP contribution in [-0.4, -0.2) is 33.3 Å². The molecule has 0 aliphatic heterocycles. The number of benzene rings is 1. The highest BCUT2D eigenvalue weighted by Gasteiger charge is 2.01. The number of rotatable bonds is 6. The van der Waals surface area contributed by atoms with Crippen LogP contribution < -0.4 is 10.6 Å². The Morgan fingerprint density at radius 2 is 1.94 bits per heavy atom. The van der Waals surface area contributed by atoms with Gasteiger partial charge in [0.15, 0.2) is 5.96 Å². The Bertz CT molecular complexity index is 377. The molecule has 100 valence electrons. The number of ether oxygens (including phenoxy) is 1. The third kappa shape index (κ3) is 4.75. The summed E-state index contributed by atoms with van der Waals surface area (Å²) < 4.78 is 4.99. The fourth-order valence-electron chi connectivity index (χ4n) is 1.75. The van der Waals surface area contributed by atoms with E-state index in [2.05, 4.69) is 46.8 Å². The van der Waals surface area contributed by atoms with Gasteiger partial charge in [0.05, 0.1) is 6.61 Å². The Balaban J connectivity index is 2.47. The van der Waals surface area contributed by atoms with Crippen molar-refractivity contribution in [2.75, 3.05) is 27.3 Å². The predicted octanol–water partition coefficient (Wildman–Crippen LogP) is 1.56. The van der Waals surface area contributed by atoms with Gasteiger partial charge in [0.25, 0.3) is 0 Å². The highest BCUT2D eigenvalue weighted by atomic mass is 16.5. The highest BCUT2D eigenvalue weighted by molar-refractivity contribution is 5.79. The summed E-state index contributed by atoms with van der Waals surface area (Å²) in [6.45, 7) is 4.39. The Morgan fingerprint density at radius 3 is 2.56 bits per heavy atom. The molecule has 0 saturated heterocycles. The number of guanidine groups is 1. The highest BCUT2D eigenvalue weighted by Crippen LogP contribution is 2.08. The second-order valence-corrected chi connectivity index (χ2v) is 3.97. The lowest BCUT2D eigenvalue weighted by molar-refractivity contribution is 0.203. The molecule has 1 aromatic rings. The zero-order valence-corrected chi connectivity index (χ0v) is 11.5. The number of aryl methyl sites for hydroxylation is 1. The zero-order valence-electron chi connectivity index (χ0n) is 11.5. The van der Waals surface area contributed by atoms with Crippen molar-refractivity contribution in [1.29, 1.82) is 0 Å². The number of aliphatic imine (C=N–C) groups is 1. The fourth-order valence-corrected chi connectivity index (χ4v) is 1.75. The van der Waals surface area contributed by atoms with Gasteiger partial charge in [-0.3, -0.25) is 4.99 Å². The lowest BCUT2D eigenvalue weighted by atomic mass is 10.1. The van der Waals surface area contributed by atoms with Gasteiger partial charge in [-0.15, -0.1) is 0 Å². The Labute approximate surface area is 109 Å². The van der Waals surface area contributed by atoms with E-state index < -0.39 is 0 Å². The largest absolute Gasteiger partial charge is 0.383 e. The molecule has 0 amide bonds. The minimum atomic E-state index is 0.673. The van der Waals surface area contributed by atoms with E-state index in [1.807, 2.05) is 0 Å². The molecule has 1 rings (SSSR count). The van der Waals surface area contributed by atoms with Crippen molar-refractivity contribution in [2.24, 2.45) is 4.99 Å². The number of nitrogens with one attached hydrogen (secondary N) is 2. The molecule has 18 heavy (non-hydrogen) atoms. The number of hydrogen-bond acceptors (Lipinski definition) is 2. The average molecular weight is 249 g/mol. The van der Waals surface area contributed by atoms with Gasteiger partial charge < -0.3 is 15.4 Å². The van der Waals surface area contributed by atoms with Crippen LogP contribution in [0.2, 0.25) is 0 Å². The van der Waals surface area contributed by atoms with Crippen molar-refractivity contribution in [3.05, 3.63) is 35.4 Å². The van der Waals surface area contributed by atoms with Crippen LogP contribution in [-0.2, 0) is 17.7 Å². The quantitative estimate of drug-likeness (QED) is 0.457. The summed E-state index contributed by atoms with van der Waals surface area (Å²) >= 11 is 0. The van der Waals surface area contributed by atoms with Gasteiger partial charge >= 0.3 is 0 Å². The molecule has 0 aromatic heterocycles. The maximum Gasteiger partial charge on any atom is 0.191 e. The molecular weight excluding hydrogens is 226 g/mol. The van der Waals surface area contributed by atoms with E-state index in [4.69, 9.17) is 4.74 Å². The summed E-state index contributed by atoms with van der Waals surface area (Å²) in [5, 5.41) is 6.49. The van der Waals surface area contributed by atoms with Gasteiger partial charge in [-0.05, 0) is 17.5 Å². The van der Waals surface area contributed by atoms with Gasteiger partial charge in [-0.1, -0.05) is 31.2 Å². The lowest BCUT2D eigenvalue weighted by Crippen LogP contribution is -2.38. The molecule has 0 atom stereocenters. The SMILES string of the molecule is CCc1ccccc1CNC(=NC)NCCOC. The molecule has 0 aliphatic carbocycles. The smallest absolute Gasteiger partial charge is 0.191 e. The van der Waals surface area contributed by atoms with Crippen molar-refractivity contribution in [3.63, 3.8) is 0 Å². The molecule has 0 saturated carbocycles. The molecule has 0 aliphatic rings. The molecule has 1 aromatic carbocycles. The van der Waals surface area contributed by atoms with Gasteiger partial charge in [0.1, 0.15) is 0 Å². The maximum absolute atomic E-state index is 4.99. The summed E-state index contributed by atoms with van der Waals surface area (Å²) in [5.74, 6) is 0.804. The third-order valence-electron chi connectivity index (χ3n) is 2.77. The summed E-state index contributed by atoms with van der Waals surface area (Å²) in [6.07, 6.45) is 1.05. The molecule has 0 spiro atoms. The van der Waals surface area contributed by atoms with Crippen LogP contribution in [0.1, 0.15) is 18.1 Å². The van der Waals surface area contributed by atoms with E-state index in [0.29, 0.717) is 6.61 Å². The summed E-state index contributed by atoms with van der Waals surface area (Å²) in [7, 11) is 3.46. The topological polar surface area (TPSA) is 45.7 Å². The van der Waals surface area contributed by atoms with Gasteiger partial charge in [-0.2, -0.15) is 0 Å². The molecule has 0 unspecified atom stereocenters. The van der Waals surface area contributed by atoms with E-state index >= 15 is 0 Å². The lowest BCUT2D eigenvalue weighted by Gasteiger charge is -2.13. The van der Waals surface area contributed by atoms with Gasteiger partial charge in [0.2, 0.25) is 0 Å². The molecule has 0 bridgehead atoms. The first-order valence-electron chi connectivity index (χ1n) is 6.32. The maximum atomic E-state index is 4.99. The van der Waals surface area contributed by atoms with Crippen LogP contribution in [0.25, 0.3) is 0 Å². The third-order valence-corrected chi connectivity index (χ3v) is 2.77. The van der Waals surface area contributed by atoms with Crippen molar-refractivity contribution in [1.82, 2.24) is 10.6 Å². The molecule has 0 radical (unpaired) electrons. The molecule has 0 heterocycles. The van der Waals surface area contributed by atoms with E-state index in [1.54, 1.807) is 14.2 Å². The summed E-state index contributed by atoms with van der Waals surface area (Å²) in [4.78, 5) is 4.17. The fraction of sp³-hybridized carbons (Fsp3) is 0.500. The zero-order chi connectivity index (χ0) is 13.2. The minimum absolute atomic E-state index is 0.673. The van der Waals surface area contributed by atoms with E-state index in [1.165, 1.54) is 11.1 Å². The van der Waals surface area contributed by atoms with E-state index in [-0.39, 0.29) is 0 Å². The molecule has 2 N–H and O–H groups in total. The normalized spacial score (nSPS) is 11.4. The van der Waals surface area contributed by atoms with Gasteiger partial charge in [-0.25, -0.2) is 0 Å². The van der Waals surface area contributed by atoms with Crippen molar-refractivity contribution in [2.45, 2.75) is 19.9 Å². The Hall–Kier alpha value is -1.55. The van der Waals surface area contributed by atoms with Crippen LogP contribution in [0.15, 0.2) is 29.3 Å². The summed E-state index contributed by atoms with van der Waals surface area (Å²) in [5.41, 5.74) is 2.69. The summed E-state index contributed by atoms with van der Waals surface area (Å²) in [6, 6.07) is 8.46. The first-order valence-corrected chi connectivity index (χ1v) is 6.32. The molecule has 0 fully saturated rings. The van der Waals surface area contributed by atoms with Crippen LogP contribution in [0, 0.1) is 0 Å². The van der Waals surface area contributed by atoms with Crippen LogP contribution >= 0.6 is 0 Å². The number of hydrogen-bond donors (Lipinski definition) is 2.